The number of hydrogen-bond donors (Lipinski definition) is 1. The smallest absolute Gasteiger partial charge is 0.314 e. The van der Waals surface area contributed by atoms with Gasteiger partial charge in [-0.15, -0.1) is 0 Å². The van der Waals surface area contributed by atoms with Crippen LogP contribution in [0.4, 0.5) is 23.7 Å². The summed E-state index contributed by atoms with van der Waals surface area (Å²) in [5.41, 5.74) is 6.74. The molecule has 0 saturated carbocycles. The van der Waals surface area contributed by atoms with Gasteiger partial charge in [-0.05, 0) is 42.3 Å². The molecule has 2 N–H and O–H groups in total. The molecule has 1 aliphatic heterocycles. The molecule has 2 aromatic carbocycles. The molecule has 31 heavy (non-hydrogen) atoms. The largest absolute Gasteiger partial charge is 0.416 e. The summed E-state index contributed by atoms with van der Waals surface area (Å²) in [6, 6.07) is 11.5. The lowest BCUT2D eigenvalue weighted by atomic mass is 9.92. The van der Waals surface area contributed by atoms with E-state index in [4.69, 9.17) is 11.0 Å². The monoisotopic (exact) mass is 426 g/mol. The number of carbonyl (C=O) groups is 2. The van der Waals surface area contributed by atoms with E-state index in [2.05, 4.69) is 0 Å². The molecular weight excluding hydrogens is 409 g/mol. The molecule has 2 aromatic rings. The molecule has 2 amide bonds. The molecule has 158 valence electrons. The third-order valence-electron chi connectivity index (χ3n) is 5.48. The van der Waals surface area contributed by atoms with E-state index < -0.39 is 23.8 Å². The van der Waals surface area contributed by atoms with Crippen molar-refractivity contribution in [2.45, 2.75) is 25.1 Å². The topological polar surface area (TPSA) is 90.4 Å². The molecule has 1 unspecified atom stereocenters. The zero-order chi connectivity index (χ0) is 22.3. The van der Waals surface area contributed by atoms with Gasteiger partial charge in [0.25, 0.3) is 0 Å². The van der Waals surface area contributed by atoms with Gasteiger partial charge in [0.05, 0.1) is 35.6 Å². The molecule has 1 heterocycles. The number of ketones is 1. The Morgan fingerprint density at radius 1 is 1.10 bits per heavy atom. The maximum Gasteiger partial charge on any atom is 0.416 e. The first-order valence-electron chi connectivity index (χ1n) is 9.50. The number of carbonyl (C=O) groups excluding carboxylic acids is 2. The minimum atomic E-state index is -4.57. The quantitative estimate of drug-likeness (QED) is 0.800. The number of rotatable bonds is 3. The number of Topliss-reactive ketones (excluding diaryl/α,β-unsaturated/α-hetero) is 1. The van der Waals surface area contributed by atoms with Crippen molar-refractivity contribution in [3.63, 3.8) is 0 Å². The Balaban J connectivity index is 1.88. The maximum atomic E-state index is 13.4. The third kappa shape index (κ3) is 3.45. The minimum absolute atomic E-state index is 0.0266. The van der Waals surface area contributed by atoms with Crippen LogP contribution in [0.15, 0.2) is 59.8 Å². The van der Waals surface area contributed by atoms with E-state index >= 15 is 0 Å². The highest BCUT2D eigenvalue weighted by atomic mass is 19.4. The zero-order valence-electron chi connectivity index (χ0n) is 16.2. The van der Waals surface area contributed by atoms with Gasteiger partial charge in [-0.2, -0.15) is 18.4 Å². The molecule has 9 heteroatoms. The molecule has 0 radical (unpaired) electrons. The molecule has 6 nitrogen and oxygen atoms in total. The number of alkyl halides is 3. The number of nitrogens with zero attached hydrogens (tertiary/aromatic N) is 3. The molecule has 2 aliphatic rings. The van der Waals surface area contributed by atoms with Crippen LogP contribution < -0.4 is 10.6 Å². The summed E-state index contributed by atoms with van der Waals surface area (Å²) in [7, 11) is 0. The van der Waals surface area contributed by atoms with Crippen molar-refractivity contribution < 1.29 is 22.8 Å². The average Bonchev–Trinajstić information content (AvgIpc) is 3.13. The molecule has 4 rings (SSSR count). The number of benzene rings is 2. The second-order valence-electron chi connectivity index (χ2n) is 7.24. The fraction of sp³-hybridized carbons (Fsp3) is 0.227. The van der Waals surface area contributed by atoms with Crippen molar-refractivity contribution in [2.75, 3.05) is 11.6 Å². The summed E-state index contributed by atoms with van der Waals surface area (Å²) < 4.78 is 39.7. The van der Waals surface area contributed by atoms with Gasteiger partial charge in [-0.1, -0.05) is 18.2 Å². The maximum absolute atomic E-state index is 13.4. The van der Waals surface area contributed by atoms with Gasteiger partial charge in [0.15, 0.2) is 5.78 Å². The fourth-order valence-corrected chi connectivity index (χ4v) is 4.07. The van der Waals surface area contributed by atoms with Crippen LogP contribution in [0.25, 0.3) is 0 Å². The van der Waals surface area contributed by atoms with E-state index in [9.17, 15) is 22.8 Å². The van der Waals surface area contributed by atoms with Gasteiger partial charge in [0.1, 0.15) is 0 Å². The number of halogens is 3. The van der Waals surface area contributed by atoms with Crippen molar-refractivity contribution in [3.05, 3.63) is 76.5 Å². The van der Waals surface area contributed by atoms with Crippen LogP contribution in [-0.2, 0) is 11.0 Å². The number of amides is 2. The van der Waals surface area contributed by atoms with E-state index in [0.717, 1.165) is 17.0 Å². The number of nitrogens with two attached hydrogens (primary N) is 1. The number of anilines is 1. The standard InChI is InChI=1S/C22H17F3N4O2/c23-22(24,25)15-2-1-3-16(10-15)29-17-8-9-18(30)19(17)20(28(12-27)21(29)31)14-6-4-13(11-26)5-7-14/h1-7,10,20H,8-9,12,27H2. The molecule has 1 aliphatic carbocycles. The van der Waals surface area contributed by atoms with Crippen molar-refractivity contribution in [1.29, 1.82) is 5.26 Å². The van der Waals surface area contributed by atoms with E-state index in [1.54, 1.807) is 24.3 Å². The number of allylic oxidation sites excluding steroid dienone is 1. The predicted octanol–water partition coefficient (Wildman–Crippen LogP) is 4.09. The van der Waals surface area contributed by atoms with Gasteiger partial charge >= 0.3 is 12.2 Å². The summed E-state index contributed by atoms with van der Waals surface area (Å²) in [5.74, 6) is -0.188. The highest BCUT2D eigenvalue weighted by Crippen LogP contribution is 2.45. The normalized spacial score (nSPS) is 19.0. The van der Waals surface area contributed by atoms with Crippen molar-refractivity contribution >= 4 is 17.5 Å². The van der Waals surface area contributed by atoms with E-state index in [-0.39, 0.29) is 31.0 Å². The number of nitriles is 1. The van der Waals surface area contributed by atoms with Crippen LogP contribution in [0, 0.1) is 11.3 Å². The SMILES string of the molecule is N#Cc1ccc(C2C3=C(CCC3=O)N(c3cccc(C(F)(F)F)c3)C(=O)N2CN)cc1. The molecular formula is C22H17F3N4O2. The molecule has 1 atom stereocenters. The molecule has 0 aromatic heterocycles. The van der Waals surface area contributed by atoms with Gasteiger partial charge in [0.2, 0.25) is 0 Å². The molecule has 0 saturated heterocycles. The summed E-state index contributed by atoms with van der Waals surface area (Å²) in [6.45, 7) is -0.247. The van der Waals surface area contributed by atoms with Gasteiger partial charge in [-0.25, -0.2) is 4.79 Å². The van der Waals surface area contributed by atoms with E-state index in [1.807, 2.05) is 6.07 Å². The Labute approximate surface area is 176 Å². The van der Waals surface area contributed by atoms with Gasteiger partial charge in [-0.3, -0.25) is 9.69 Å². The van der Waals surface area contributed by atoms with Crippen molar-refractivity contribution in [2.24, 2.45) is 5.73 Å². The van der Waals surface area contributed by atoms with Crippen molar-refractivity contribution in [1.82, 2.24) is 4.90 Å². The van der Waals surface area contributed by atoms with Gasteiger partial charge < -0.3 is 10.6 Å². The summed E-state index contributed by atoms with van der Waals surface area (Å²) >= 11 is 0. The Morgan fingerprint density at radius 3 is 2.42 bits per heavy atom. The summed E-state index contributed by atoms with van der Waals surface area (Å²) in [6.07, 6.45) is -4.18. The molecule has 0 fully saturated rings. The Morgan fingerprint density at radius 2 is 1.81 bits per heavy atom. The summed E-state index contributed by atoms with van der Waals surface area (Å²) in [5, 5.41) is 9.03. The third-order valence-corrected chi connectivity index (χ3v) is 5.48. The lowest BCUT2D eigenvalue weighted by Gasteiger charge is -2.41. The van der Waals surface area contributed by atoms with E-state index in [0.29, 0.717) is 22.4 Å². The predicted molar refractivity (Wildman–Crippen MR) is 105 cm³/mol. The highest BCUT2D eigenvalue weighted by molar-refractivity contribution is 6.08. The van der Waals surface area contributed by atoms with Crippen LogP contribution in [0.3, 0.4) is 0 Å². The van der Waals surface area contributed by atoms with Crippen LogP contribution in [-0.4, -0.2) is 23.4 Å². The van der Waals surface area contributed by atoms with Crippen LogP contribution in [0.5, 0.6) is 0 Å². The minimum Gasteiger partial charge on any atom is -0.314 e. The van der Waals surface area contributed by atoms with Gasteiger partial charge in [0, 0.05) is 17.7 Å². The van der Waals surface area contributed by atoms with E-state index in [1.165, 1.54) is 17.0 Å². The Kier molecular flexibility index (Phi) is 5.03. The van der Waals surface area contributed by atoms with Crippen molar-refractivity contribution in [3.8, 4) is 6.07 Å². The molecule has 0 spiro atoms. The number of hydrogen-bond acceptors (Lipinski definition) is 4. The highest BCUT2D eigenvalue weighted by Gasteiger charge is 2.45. The van der Waals surface area contributed by atoms with Crippen LogP contribution in [0.2, 0.25) is 0 Å². The first-order valence-corrected chi connectivity index (χ1v) is 9.50. The first kappa shape index (κ1) is 20.6. The Hall–Kier alpha value is -3.64. The summed E-state index contributed by atoms with van der Waals surface area (Å²) in [4.78, 5) is 28.6. The first-order chi connectivity index (χ1) is 14.8. The average molecular weight is 426 g/mol. The van der Waals surface area contributed by atoms with Crippen LogP contribution in [0.1, 0.15) is 35.6 Å². The lowest BCUT2D eigenvalue weighted by Crippen LogP contribution is -2.51. The zero-order valence-corrected chi connectivity index (χ0v) is 16.2. The lowest BCUT2D eigenvalue weighted by molar-refractivity contribution is -0.137. The second kappa shape index (κ2) is 7.56. The van der Waals surface area contributed by atoms with Crippen LogP contribution >= 0.6 is 0 Å². The number of urea groups is 1. The Bertz CT molecular complexity index is 1130. The second-order valence-corrected chi connectivity index (χ2v) is 7.24. The molecule has 0 bridgehead atoms. The fourth-order valence-electron chi connectivity index (χ4n) is 4.07.